The van der Waals surface area contributed by atoms with E-state index in [4.69, 9.17) is 16.2 Å². The monoisotopic (exact) mass is 263 g/mol. The van der Waals surface area contributed by atoms with E-state index in [2.05, 4.69) is 5.32 Å². The zero-order valence-corrected chi connectivity index (χ0v) is 11.2. The van der Waals surface area contributed by atoms with Gasteiger partial charge in [0.1, 0.15) is 5.75 Å². The van der Waals surface area contributed by atoms with Crippen LogP contribution in [0.4, 0.5) is 11.4 Å². The highest BCUT2D eigenvalue weighted by Gasteiger charge is 2.31. The van der Waals surface area contributed by atoms with Crippen LogP contribution >= 0.6 is 0 Å². The van der Waals surface area contributed by atoms with Crippen LogP contribution in [0.15, 0.2) is 18.2 Å². The van der Waals surface area contributed by atoms with E-state index in [0.717, 1.165) is 19.3 Å². The molecule has 0 heterocycles. The second-order valence-electron chi connectivity index (χ2n) is 4.98. The molecule has 0 unspecified atom stereocenters. The van der Waals surface area contributed by atoms with Crippen LogP contribution in [-0.4, -0.2) is 19.6 Å². The lowest BCUT2D eigenvalue weighted by molar-refractivity contribution is -0.120. The molecule has 104 valence electrons. The summed E-state index contributed by atoms with van der Waals surface area (Å²) in [4.78, 5) is 12.2. The number of nitrogens with one attached hydrogen (secondary N) is 1. The number of ether oxygens (including phenoxy) is 1. The Balaban J connectivity index is 2.04. The van der Waals surface area contributed by atoms with Crippen molar-refractivity contribution in [2.75, 3.05) is 24.7 Å². The third kappa shape index (κ3) is 2.98. The molecule has 19 heavy (non-hydrogen) atoms. The number of hydrogen-bond donors (Lipinski definition) is 3. The largest absolute Gasteiger partial charge is 0.495 e. The molecule has 0 aromatic heterocycles. The van der Waals surface area contributed by atoms with Gasteiger partial charge in [-0.2, -0.15) is 0 Å². The van der Waals surface area contributed by atoms with E-state index in [1.165, 1.54) is 0 Å². The highest BCUT2D eigenvalue weighted by atomic mass is 16.5. The number of methoxy groups -OCH3 is 1. The minimum absolute atomic E-state index is 0.0216. The maximum absolute atomic E-state index is 12.2. The number of nitrogen functional groups attached to an aromatic ring is 1. The molecule has 5 N–H and O–H groups in total. The predicted molar refractivity (Wildman–Crippen MR) is 75.9 cm³/mol. The van der Waals surface area contributed by atoms with Gasteiger partial charge in [0.05, 0.1) is 12.8 Å². The molecule has 1 aromatic carbocycles. The molecular weight excluding hydrogens is 242 g/mol. The van der Waals surface area contributed by atoms with Gasteiger partial charge in [-0.1, -0.05) is 6.42 Å². The minimum atomic E-state index is 0.0216. The van der Waals surface area contributed by atoms with E-state index in [1.54, 1.807) is 25.3 Å². The fourth-order valence-electron chi connectivity index (χ4n) is 2.71. The van der Waals surface area contributed by atoms with E-state index in [9.17, 15) is 4.79 Å². The van der Waals surface area contributed by atoms with Gasteiger partial charge < -0.3 is 21.5 Å². The molecule has 0 radical (unpaired) electrons. The average molecular weight is 263 g/mol. The summed E-state index contributed by atoms with van der Waals surface area (Å²) in [7, 11) is 1.56. The van der Waals surface area contributed by atoms with Crippen LogP contribution in [0.5, 0.6) is 5.75 Å². The number of carbonyl (C=O) groups excluding carboxylic acids is 1. The number of hydrogen-bond acceptors (Lipinski definition) is 4. The summed E-state index contributed by atoms with van der Waals surface area (Å²) in [6, 6.07) is 5.25. The topological polar surface area (TPSA) is 90.4 Å². The summed E-state index contributed by atoms with van der Waals surface area (Å²) in [5.41, 5.74) is 12.7. The zero-order valence-electron chi connectivity index (χ0n) is 11.2. The summed E-state index contributed by atoms with van der Waals surface area (Å²) in [6.45, 7) is 0.572. The number of amides is 1. The molecule has 2 atom stereocenters. The van der Waals surface area contributed by atoms with Crippen molar-refractivity contribution in [2.45, 2.75) is 19.3 Å². The molecule has 1 aliphatic rings. The molecule has 5 heteroatoms. The quantitative estimate of drug-likeness (QED) is 0.719. The maximum atomic E-state index is 12.2. The lowest BCUT2D eigenvalue weighted by Crippen LogP contribution is -2.29. The van der Waals surface area contributed by atoms with Crippen LogP contribution in [0, 0.1) is 11.8 Å². The number of carbonyl (C=O) groups is 1. The van der Waals surface area contributed by atoms with Gasteiger partial charge in [-0.25, -0.2) is 0 Å². The number of anilines is 2. The van der Waals surface area contributed by atoms with Gasteiger partial charge in [-0.15, -0.1) is 0 Å². The molecule has 1 amide bonds. The summed E-state index contributed by atoms with van der Waals surface area (Å²) in [6.07, 6.45) is 3.03. The standard InChI is InChI=1S/C14H21N3O2/c1-19-13-6-5-10(7-12(13)16)17-14(18)11-4-2-3-9(11)8-15/h5-7,9,11H,2-4,8,15-16H2,1H3,(H,17,18)/t9-,11-/m1/s1. The first-order valence-corrected chi connectivity index (χ1v) is 6.60. The first-order chi connectivity index (χ1) is 9.15. The molecule has 0 aliphatic heterocycles. The second kappa shape index (κ2) is 5.93. The first kappa shape index (κ1) is 13.7. The number of benzene rings is 1. The molecule has 1 saturated carbocycles. The third-order valence-corrected chi connectivity index (χ3v) is 3.80. The van der Waals surface area contributed by atoms with Crippen LogP contribution in [0.1, 0.15) is 19.3 Å². The van der Waals surface area contributed by atoms with E-state index >= 15 is 0 Å². The Labute approximate surface area is 113 Å². The lowest BCUT2D eigenvalue weighted by Gasteiger charge is -2.17. The lowest BCUT2D eigenvalue weighted by atomic mass is 9.95. The van der Waals surface area contributed by atoms with Crippen molar-refractivity contribution in [2.24, 2.45) is 17.6 Å². The summed E-state index contributed by atoms with van der Waals surface area (Å²) < 4.78 is 5.08. The Morgan fingerprint density at radius 3 is 2.89 bits per heavy atom. The Bertz CT molecular complexity index is 462. The third-order valence-electron chi connectivity index (χ3n) is 3.80. The Kier molecular flexibility index (Phi) is 4.27. The molecule has 1 fully saturated rings. The minimum Gasteiger partial charge on any atom is -0.495 e. The molecule has 0 spiro atoms. The van der Waals surface area contributed by atoms with Crippen molar-refractivity contribution in [1.82, 2.24) is 0 Å². The van der Waals surface area contributed by atoms with Gasteiger partial charge in [-0.05, 0) is 43.5 Å². The van der Waals surface area contributed by atoms with Crippen LogP contribution in [0.2, 0.25) is 0 Å². The van der Waals surface area contributed by atoms with Crippen molar-refractivity contribution in [3.8, 4) is 5.75 Å². The van der Waals surface area contributed by atoms with Gasteiger partial charge in [-0.3, -0.25) is 4.79 Å². The first-order valence-electron chi connectivity index (χ1n) is 6.60. The summed E-state index contributed by atoms with van der Waals surface area (Å²) in [5, 5.41) is 2.91. The number of nitrogens with two attached hydrogens (primary N) is 2. The van der Waals surface area contributed by atoms with Gasteiger partial charge in [0.2, 0.25) is 5.91 Å². The van der Waals surface area contributed by atoms with Crippen LogP contribution in [0.25, 0.3) is 0 Å². The molecular formula is C14H21N3O2. The van der Waals surface area contributed by atoms with E-state index in [1.807, 2.05) is 0 Å². The molecule has 0 saturated heterocycles. The van der Waals surface area contributed by atoms with Crippen molar-refractivity contribution >= 4 is 17.3 Å². The van der Waals surface area contributed by atoms with Crippen LogP contribution in [-0.2, 0) is 4.79 Å². The Hall–Kier alpha value is -1.75. The van der Waals surface area contributed by atoms with Crippen molar-refractivity contribution in [3.05, 3.63) is 18.2 Å². The summed E-state index contributed by atoms with van der Waals surface area (Å²) >= 11 is 0. The highest BCUT2D eigenvalue weighted by Crippen LogP contribution is 2.32. The fourth-order valence-corrected chi connectivity index (χ4v) is 2.71. The molecule has 0 bridgehead atoms. The van der Waals surface area contributed by atoms with E-state index in [-0.39, 0.29) is 11.8 Å². The van der Waals surface area contributed by atoms with E-state index < -0.39 is 0 Å². The SMILES string of the molecule is COc1ccc(NC(=O)[C@@H]2CCC[C@@H]2CN)cc1N. The van der Waals surface area contributed by atoms with Gasteiger partial charge in [0.15, 0.2) is 0 Å². The zero-order chi connectivity index (χ0) is 13.8. The van der Waals surface area contributed by atoms with Crippen LogP contribution < -0.4 is 21.5 Å². The molecule has 5 nitrogen and oxygen atoms in total. The Morgan fingerprint density at radius 2 is 2.26 bits per heavy atom. The van der Waals surface area contributed by atoms with Gasteiger partial charge in [0.25, 0.3) is 0 Å². The predicted octanol–water partition coefficient (Wildman–Crippen LogP) is 1.59. The number of rotatable bonds is 4. The molecule has 1 aromatic rings. The van der Waals surface area contributed by atoms with Crippen LogP contribution in [0.3, 0.4) is 0 Å². The van der Waals surface area contributed by atoms with Crippen molar-refractivity contribution in [1.29, 1.82) is 0 Å². The maximum Gasteiger partial charge on any atom is 0.227 e. The van der Waals surface area contributed by atoms with E-state index in [0.29, 0.717) is 29.6 Å². The molecule has 1 aliphatic carbocycles. The second-order valence-corrected chi connectivity index (χ2v) is 4.98. The van der Waals surface area contributed by atoms with Gasteiger partial charge in [0, 0.05) is 11.6 Å². The normalized spacial score (nSPS) is 22.2. The fraction of sp³-hybridized carbons (Fsp3) is 0.500. The van der Waals surface area contributed by atoms with Crippen molar-refractivity contribution < 1.29 is 9.53 Å². The Morgan fingerprint density at radius 1 is 1.47 bits per heavy atom. The van der Waals surface area contributed by atoms with Gasteiger partial charge >= 0.3 is 0 Å². The highest BCUT2D eigenvalue weighted by molar-refractivity contribution is 5.93. The molecule has 2 rings (SSSR count). The van der Waals surface area contributed by atoms with Crippen molar-refractivity contribution in [3.63, 3.8) is 0 Å². The average Bonchev–Trinajstić information content (AvgIpc) is 2.87. The summed E-state index contributed by atoms with van der Waals surface area (Å²) in [5.74, 6) is 0.972. The smallest absolute Gasteiger partial charge is 0.227 e.